The van der Waals surface area contributed by atoms with Gasteiger partial charge in [0.25, 0.3) is 0 Å². The molecule has 0 atom stereocenters. The number of amidine groups is 2. The van der Waals surface area contributed by atoms with Crippen LogP contribution < -0.4 is 37.2 Å². The Morgan fingerprint density at radius 1 is 0.814 bits per heavy atom. The number of nitrogens with one attached hydrogen (secondary N) is 5. The monoisotopic (exact) mass is 577 g/mol. The molecular formula is C31H31N9O3. The topological polar surface area (TPSA) is 165 Å². The molecule has 7 N–H and O–H groups in total. The van der Waals surface area contributed by atoms with Crippen molar-refractivity contribution >= 4 is 52.4 Å². The third-order valence-corrected chi connectivity index (χ3v) is 6.67. The lowest BCUT2D eigenvalue weighted by Crippen LogP contribution is -2.36. The maximum atomic E-state index is 13.4. The van der Waals surface area contributed by atoms with Crippen LogP contribution in [0.3, 0.4) is 0 Å². The molecule has 0 bridgehead atoms. The number of carbonyl (C=O) groups is 3. The number of benzene rings is 3. The van der Waals surface area contributed by atoms with Crippen LogP contribution in [0.5, 0.6) is 0 Å². The molecule has 3 aromatic rings. The molecule has 2 heterocycles. The second-order valence-corrected chi connectivity index (χ2v) is 9.72. The van der Waals surface area contributed by atoms with E-state index in [1.807, 2.05) is 24.3 Å². The highest BCUT2D eigenvalue weighted by Gasteiger charge is 2.19. The van der Waals surface area contributed by atoms with Crippen molar-refractivity contribution in [2.75, 3.05) is 53.6 Å². The molecule has 0 radical (unpaired) electrons. The average Bonchev–Trinajstić information content (AvgIpc) is 3.74. The van der Waals surface area contributed by atoms with Crippen molar-refractivity contribution in [2.24, 2.45) is 15.7 Å². The van der Waals surface area contributed by atoms with Crippen molar-refractivity contribution in [2.45, 2.75) is 6.42 Å². The number of primary amides is 1. The zero-order valence-corrected chi connectivity index (χ0v) is 23.3. The van der Waals surface area contributed by atoms with E-state index in [4.69, 9.17) is 12.2 Å². The van der Waals surface area contributed by atoms with Crippen molar-refractivity contribution in [1.82, 2.24) is 10.6 Å². The molecule has 12 nitrogen and oxygen atoms in total. The number of nitrogens with two attached hydrogens (primary N) is 1. The number of anilines is 4. The molecule has 5 rings (SSSR count). The summed E-state index contributed by atoms with van der Waals surface area (Å²) in [4.78, 5) is 48.6. The van der Waals surface area contributed by atoms with Crippen LogP contribution in [0.15, 0.2) is 76.7 Å². The van der Waals surface area contributed by atoms with Gasteiger partial charge in [-0.25, -0.2) is 9.59 Å². The number of hydrogen-bond donors (Lipinski definition) is 6. The zero-order chi connectivity index (χ0) is 30.2. The predicted molar refractivity (Wildman–Crippen MR) is 169 cm³/mol. The van der Waals surface area contributed by atoms with E-state index in [1.54, 1.807) is 30.3 Å². The predicted octanol–water partition coefficient (Wildman–Crippen LogP) is 3.19. The van der Waals surface area contributed by atoms with Gasteiger partial charge in [-0.3, -0.25) is 19.7 Å². The number of carbonyl (C=O) groups excluding carboxylic acids is 3. The number of terminal acetylenes is 1. The summed E-state index contributed by atoms with van der Waals surface area (Å²) in [6, 6.07) is 18.0. The minimum absolute atomic E-state index is 0.106. The maximum absolute atomic E-state index is 13.4. The summed E-state index contributed by atoms with van der Waals surface area (Å²) < 4.78 is 0. The van der Waals surface area contributed by atoms with Gasteiger partial charge in [-0.1, -0.05) is 0 Å². The van der Waals surface area contributed by atoms with E-state index < -0.39 is 18.0 Å². The van der Waals surface area contributed by atoms with Gasteiger partial charge in [0, 0.05) is 65.5 Å². The Hall–Kier alpha value is -5.83. The molecule has 218 valence electrons. The molecule has 0 aliphatic carbocycles. The van der Waals surface area contributed by atoms with Gasteiger partial charge in [-0.05, 0) is 66.7 Å². The zero-order valence-electron chi connectivity index (χ0n) is 23.3. The Bertz CT molecular complexity index is 1620. The Morgan fingerprint density at radius 3 is 1.88 bits per heavy atom. The van der Waals surface area contributed by atoms with Gasteiger partial charge >= 0.3 is 12.1 Å². The van der Waals surface area contributed by atoms with E-state index >= 15 is 0 Å². The van der Waals surface area contributed by atoms with Crippen LogP contribution in [-0.4, -0.2) is 62.4 Å². The summed E-state index contributed by atoms with van der Waals surface area (Å²) in [5.41, 5.74) is 9.24. The molecule has 43 heavy (non-hydrogen) atoms. The molecule has 0 spiro atoms. The highest BCUT2D eigenvalue weighted by atomic mass is 16.2. The van der Waals surface area contributed by atoms with Crippen LogP contribution in [0.25, 0.3) is 0 Å². The van der Waals surface area contributed by atoms with Crippen molar-refractivity contribution in [1.29, 1.82) is 0 Å². The number of hydrogen-bond acceptors (Lipinski definition) is 7. The van der Waals surface area contributed by atoms with Crippen molar-refractivity contribution in [3.05, 3.63) is 83.4 Å². The van der Waals surface area contributed by atoms with Gasteiger partial charge in [0.15, 0.2) is 0 Å². The highest BCUT2D eigenvalue weighted by Crippen LogP contribution is 2.25. The summed E-state index contributed by atoms with van der Waals surface area (Å²) in [6.07, 6.45) is 5.75. The van der Waals surface area contributed by atoms with E-state index in [2.05, 4.69) is 42.5 Å². The van der Waals surface area contributed by atoms with Gasteiger partial charge in [-0.2, -0.15) is 0 Å². The second-order valence-electron chi connectivity index (χ2n) is 9.72. The fraction of sp³-hybridized carbons (Fsp3) is 0.194. The molecule has 2 aliphatic heterocycles. The standard InChI is InChI=1S/C31H31N9O3/c1-2-3-16-40(31(43)39-24-10-6-21(7-11-24)29-35-14-15-36-29)26-18-22(27(32)41)17-25(19-26)38-30(42)37-23-8-4-20(5-9-23)28-33-12-13-34-28/h1,4-11,17-19H,3,12-16H2,(H2,32,41)(H,33,34)(H,35,36)(H,39,43)(H2,37,38,42). The summed E-state index contributed by atoms with van der Waals surface area (Å²) in [6.45, 7) is 3.20. The number of aliphatic imine (C=N–C) groups is 2. The summed E-state index contributed by atoms with van der Waals surface area (Å²) >= 11 is 0. The van der Waals surface area contributed by atoms with Crippen LogP contribution in [0.1, 0.15) is 27.9 Å². The Morgan fingerprint density at radius 2 is 1.37 bits per heavy atom. The highest BCUT2D eigenvalue weighted by molar-refractivity contribution is 6.06. The summed E-state index contributed by atoms with van der Waals surface area (Å²) in [5.74, 6) is 3.44. The van der Waals surface area contributed by atoms with Crippen LogP contribution in [0, 0.1) is 12.3 Å². The fourth-order valence-electron chi connectivity index (χ4n) is 4.60. The quantitative estimate of drug-likeness (QED) is 0.215. The number of rotatable bonds is 9. The average molecular weight is 578 g/mol. The van der Waals surface area contributed by atoms with E-state index in [1.165, 1.54) is 17.0 Å². The van der Waals surface area contributed by atoms with E-state index in [-0.39, 0.29) is 24.2 Å². The summed E-state index contributed by atoms with van der Waals surface area (Å²) in [5, 5.41) is 14.8. The first kappa shape index (κ1) is 28.7. The lowest BCUT2D eigenvalue weighted by Gasteiger charge is -2.24. The van der Waals surface area contributed by atoms with E-state index in [0.29, 0.717) is 17.1 Å². The maximum Gasteiger partial charge on any atom is 0.326 e. The van der Waals surface area contributed by atoms with Gasteiger partial charge in [0.2, 0.25) is 5.91 Å². The van der Waals surface area contributed by atoms with Gasteiger partial charge in [0.05, 0.1) is 13.1 Å². The van der Waals surface area contributed by atoms with Gasteiger partial charge in [0.1, 0.15) is 11.7 Å². The minimum atomic E-state index is -0.722. The van der Waals surface area contributed by atoms with Crippen molar-refractivity contribution in [3.8, 4) is 12.3 Å². The fourth-order valence-corrected chi connectivity index (χ4v) is 4.60. The second kappa shape index (κ2) is 13.2. The van der Waals surface area contributed by atoms with Crippen LogP contribution in [0.2, 0.25) is 0 Å². The molecule has 2 aliphatic rings. The normalized spacial score (nSPS) is 13.5. The largest absolute Gasteiger partial charge is 0.368 e. The number of nitrogens with zero attached hydrogens (tertiary/aromatic N) is 3. The first-order chi connectivity index (χ1) is 20.9. The molecule has 5 amide bonds. The SMILES string of the molecule is C#CCCN(C(=O)Nc1ccc(C2=NCCN2)cc1)c1cc(NC(=O)Nc2ccc(C3=NCCN3)cc2)cc(C(N)=O)c1. The first-order valence-corrected chi connectivity index (χ1v) is 13.7. The molecule has 0 fully saturated rings. The first-order valence-electron chi connectivity index (χ1n) is 13.7. The van der Waals surface area contributed by atoms with Crippen LogP contribution in [-0.2, 0) is 0 Å². The van der Waals surface area contributed by atoms with Gasteiger partial charge < -0.3 is 32.3 Å². The molecule has 12 heteroatoms. The molecule has 0 aromatic heterocycles. The van der Waals surface area contributed by atoms with E-state index in [9.17, 15) is 14.4 Å². The smallest absolute Gasteiger partial charge is 0.326 e. The van der Waals surface area contributed by atoms with E-state index in [0.717, 1.165) is 49.0 Å². The lowest BCUT2D eigenvalue weighted by atomic mass is 10.1. The molecule has 0 unspecified atom stereocenters. The molecular weight excluding hydrogens is 546 g/mol. The van der Waals surface area contributed by atoms with Crippen LogP contribution in [0.4, 0.5) is 32.3 Å². The number of amides is 5. The molecule has 0 saturated heterocycles. The third kappa shape index (κ3) is 7.28. The minimum Gasteiger partial charge on any atom is -0.368 e. The molecule has 3 aromatic carbocycles. The van der Waals surface area contributed by atoms with Gasteiger partial charge in [-0.15, -0.1) is 12.3 Å². The lowest BCUT2D eigenvalue weighted by molar-refractivity contribution is 0.1000. The van der Waals surface area contributed by atoms with Crippen molar-refractivity contribution < 1.29 is 14.4 Å². The Kier molecular flexibility index (Phi) is 8.82. The van der Waals surface area contributed by atoms with Crippen molar-refractivity contribution in [3.63, 3.8) is 0 Å². The Balaban J connectivity index is 1.31. The number of urea groups is 2. The van der Waals surface area contributed by atoms with Crippen LogP contribution >= 0.6 is 0 Å². The summed E-state index contributed by atoms with van der Waals surface area (Å²) in [7, 11) is 0. The Labute approximate surface area is 248 Å². The third-order valence-electron chi connectivity index (χ3n) is 6.67. The molecule has 0 saturated carbocycles.